The molecule has 0 aliphatic carbocycles. The van der Waals surface area contributed by atoms with Gasteiger partial charge in [0.15, 0.2) is 0 Å². The van der Waals surface area contributed by atoms with Gasteiger partial charge in [-0.05, 0) is 38.5 Å². The Hall–Kier alpha value is -1.44. The Bertz CT molecular complexity index is 541. The van der Waals surface area contributed by atoms with Gasteiger partial charge in [-0.25, -0.2) is 0 Å². The van der Waals surface area contributed by atoms with Crippen molar-refractivity contribution in [1.82, 2.24) is 4.57 Å². The Kier molecular flexibility index (Phi) is 6.16. The van der Waals surface area contributed by atoms with E-state index in [2.05, 4.69) is 55.8 Å². The molecule has 1 heterocycles. The van der Waals surface area contributed by atoms with E-state index < -0.39 is 0 Å². The zero-order valence-corrected chi connectivity index (χ0v) is 13.8. The molecule has 2 aromatic rings. The van der Waals surface area contributed by atoms with E-state index in [9.17, 15) is 0 Å². The van der Waals surface area contributed by atoms with Crippen LogP contribution in [0.5, 0.6) is 5.75 Å². The molecule has 0 bridgehead atoms. The molecule has 0 fully saturated rings. The number of ether oxygens (including phenoxy) is 1. The maximum absolute atomic E-state index is 5.90. The van der Waals surface area contributed by atoms with Gasteiger partial charge in [-0.3, -0.25) is 0 Å². The van der Waals surface area contributed by atoms with E-state index in [0.29, 0.717) is 0 Å². The fourth-order valence-corrected chi connectivity index (χ4v) is 2.81. The lowest BCUT2D eigenvalue weighted by Crippen LogP contribution is -2.05. The first-order valence-electron chi connectivity index (χ1n) is 8.47. The Morgan fingerprint density at radius 1 is 1.00 bits per heavy atom. The number of hydrogen-bond donors (Lipinski definition) is 0. The minimum absolute atomic E-state index is 0.220. The van der Waals surface area contributed by atoms with Gasteiger partial charge in [0, 0.05) is 18.1 Å². The van der Waals surface area contributed by atoms with Crippen LogP contribution in [-0.4, -0.2) is 10.7 Å². The van der Waals surface area contributed by atoms with Crippen molar-refractivity contribution >= 4 is 10.9 Å². The lowest BCUT2D eigenvalue weighted by molar-refractivity contribution is 0.245. The third-order valence-electron chi connectivity index (χ3n) is 3.89. The summed E-state index contributed by atoms with van der Waals surface area (Å²) in [5.74, 6) is 1.00. The molecular weight excluding hydrogens is 258 g/mol. The van der Waals surface area contributed by atoms with Crippen LogP contribution in [0.15, 0.2) is 30.5 Å². The van der Waals surface area contributed by atoms with Crippen LogP contribution in [0.1, 0.15) is 59.3 Å². The standard InChI is InChI=1S/C19H29NO/c1-4-5-6-7-8-9-14-20-15-13-17-18(20)11-10-12-19(17)21-16(2)3/h10-13,15-16H,4-9,14H2,1-3H3. The molecule has 0 saturated heterocycles. The van der Waals surface area contributed by atoms with Crippen LogP contribution in [0.2, 0.25) is 0 Å². The van der Waals surface area contributed by atoms with Gasteiger partial charge >= 0.3 is 0 Å². The maximum atomic E-state index is 5.90. The maximum Gasteiger partial charge on any atom is 0.129 e. The van der Waals surface area contributed by atoms with Crippen LogP contribution < -0.4 is 4.74 Å². The topological polar surface area (TPSA) is 14.2 Å². The first-order chi connectivity index (χ1) is 10.2. The summed E-state index contributed by atoms with van der Waals surface area (Å²) in [6, 6.07) is 8.54. The van der Waals surface area contributed by atoms with Crippen molar-refractivity contribution in [1.29, 1.82) is 0 Å². The molecule has 0 spiro atoms. The third kappa shape index (κ3) is 4.52. The van der Waals surface area contributed by atoms with E-state index in [4.69, 9.17) is 4.74 Å². The average Bonchev–Trinajstić information content (AvgIpc) is 2.87. The van der Waals surface area contributed by atoms with Crippen molar-refractivity contribution in [2.45, 2.75) is 71.9 Å². The summed E-state index contributed by atoms with van der Waals surface area (Å²) in [7, 11) is 0. The van der Waals surface area contributed by atoms with E-state index in [1.54, 1.807) is 0 Å². The van der Waals surface area contributed by atoms with Gasteiger partial charge in [-0.15, -0.1) is 0 Å². The third-order valence-corrected chi connectivity index (χ3v) is 3.89. The number of hydrogen-bond acceptors (Lipinski definition) is 1. The largest absolute Gasteiger partial charge is 0.490 e. The number of benzene rings is 1. The van der Waals surface area contributed by atoms with E-state index >= 15 is 0 Å². The van der Waals surface area contributed by atoms with Crippen molar-refractivity contribution < 1.29 is 4.74 Å². The van der Waals surface area contributed by atoms with Crippen LogP contribution >= 0.6 is 0 Å². The number of fused-ring (bicyclic) bond motifs is 1. The fraction of sp³-hybridized carbons (Fsp3) is 0.579. The average molecular weight is 287 g/mol. The molecule has 0 aliphatic rings. The minimum atomic E-state index is 0.220. The van der Waals surface area contributed by atoms with Gasteiger partial charge in [0.2, 0.25) is 0 Å². The van der Waals surface area contributed by atoms with Gasteiger partial charge in [0.05, 0.1) is 11.6 Å². The Morgan fingerprint density at radius 3 is 2.52 bits per heavy atom. The summed E-state index contributed by atoms with van der Waals surface area (Å²) in [6.45, 7) is 7.53. The second kappa shape index (κ2) is 8.11. The van der Waals surface area contributed by atoms with Crippen LogP contribution in [0.25, 0.3) is 10.9 Å². The molecule has 1 aromatic carbocycles. The SMILES string of the molecule is CCCCCCCCn1ccc2c(OC(C)C)cccc21. The van der Waals surface area contributed by atoms with Crippen molar-refractivity contribution in [2.24, 2.45) is 0 Å². The summed E-state index contributed by atoms with van der Waals surface area (Å²) in [6.07, 6.45) is 10.5. The zero-order valence-electron chi connectivity index (χ0n) is 13.8. The van der Waals surface area contributed by atoms with Gasteiger partial charge in [0.1, 0.15) is 5.75 Å². The molecule has 0 radical (unpaired) electrons. The van der Waals surface area contributed by atoms with Crippen LogP contribution in [-0.2, 0) is 6.54 Å². The highest BCUT2D eigenvalue weighted by molar-refractivity contribution is 5.86. The van der Waals surface area contributed by atoms with E-state index in [1.807, 2.05) is 0 Å². The second-order valence-electron chi connectivity index (χ2n) is 6.13. The van der Waals surface area contributed by atoms with Crippen molar-refractivity contribution in [3.05, 3.63) is 30.5 Å². The minimum Gasteiger partial charge on any atom is -0.490 e. The molecule has 2 rings (SSSR count). The molecule has 116 valence electrons. The van der Waals surface area contributed by atoms with Crippen LogP contribution in [0.3, 0.4) is 0 Å². The predicted molar refractivity (Wildman–Crippen MR) is 91.1 cm³/mol. The molecule has 1 aromatic heterocycles. The summed E-state index contributed by atoms with van der Waals surface area (Å²) < 4.78 is 8.26. The summed E-state index contributed by atoms with van der Waals surface area (Å²) >= 11 is 0. The van der Waals surface area contributed by atoms with Crippen LogP contribution in [0, 0.1) is 0 Å². The van der Waals surface area contributed by atoms with E-state index in [-0.39, 0.29) is 6.10 Å². The lowest BCUT2D eigenvalue weighted by atomic mass is 10.1. The number of aromatic nitrogens is 1. The first-order valence-corrected chi connectivity index (χ1v) is 8.47. The molecule has 0 unspecified atom stereocenters. The predicted octanol–water partition coefficient (Wildman–Crippen LogP) is 5.79. The van der Waals surface area contributed by atoms with Crippen LogP contribution in [0.4, 0.5) is 0 Å². The lowest BCUT2D eigenvalue weighted by Gasteiger charge is -2.11. The number of unbranched alkanes of at least 4 members (excludes halogenated alkanes) is 5. The molecule has 0 N–H and O–H groups in total. The number of aryl methyl sites for hydroxylation is 1. The zero-order chi connectivity index (χ0) is 15.1. The molecule has 0 saturated carbocycles. The molecule has 2 heteroatoms. The van der Waals surface area contributed by atoms with Crippen molar-refractivity contribution in [3.63, 3.8) is 0 Å². The fourth-order valence-electron chi connectivity index (χ4n) is 2.81. The molecule has 0 atom stereocenters. The monoisotopic (exact) mass is 287 g/mol. The first kappa shape index (κ1) is 15.9. The van der Waals surface area contributed by atoms with Gasteiger partial charge in [-0.2, -0.15) is 0 Å². The Labute approximate surface area is 129 Å². The van der Waals surface area contributed by atoms with E-state index in [0.717, 1.165) is 12.3 Å². The highest BCUT2D eigenvalue weighted by atomic mass is 16.5. The van der Waals surface area contributed by atoms with Crippen molar-refractivity contribution in [3.8, 4) is 5.75 Å². The molecule has 21 heavy (non-hydrogen) atoms. The summed E-state index contributed by atoms with van der Waals surface area (Å²) in [4.78, 5) is 0. The van der Waals surface area contributed by atoms with E-state index in [1.165, 1.54) is 49.4 Å². The molecule has 0 amide bonds. The summed E-state index contributed by atoms with van der Waals surface area (Å²) in [5.41, 5.74) is 1.29. The quantitative estimate of drug-likeness (QED) is 0.532. The van der Waals surface area contributed by atoms with Crippen molar-refractivity contribution in [2.75, 3.05) is 0 Å². The highest BCUT2D eigenvalue weighted by Crippen LogP contribution is 2.27. The summed E-state index contributed by atoms with van der Waals surface area (Å²) in [5, 5.41) is 1.23. The number of rotatable bonds is 9. The molecule has 0 aliphatic heterocycles. The van der Waals surface area contributed by atoms with Gasteiger partial charge in [-0.1, -0.05) is 45.1 Å². The normalized spacial score (nSPS) is 11.4. The number of nitrogens with zero attached hydrogens (tertiary/aromatic N) is 1. The highest BCUT2D eigenvalue weighted by Gasteiger charge is 2.07. The second-order valence-corrected chi connectivity index (χ2v) is 6.13. The Balaban J connectivity index is 1.95. The smallest absolute Gasteiger partial charge is 0.129 e. The Morgan fingerprint density at radius 2 is 1.76 bits per heavy atom. The van der Waals surface area contributed by atoms with Gasteiger partial charge < -0.3 is 9.30 Å². The van der Waals surface area contributed by atoms with Gasteiger partial charge in [0.25, 0.3) is 0 Å². The molecular formula is C19H29NO. The molecule has 2 nitrogen and oxygen atoms in total.